The SMILES string of the molecule is N#Cc1cncc(C2NNC3CCC(N)CC32)c1. The molecule has 0 bridgehead atoms. The molecule has 2 aliphatic rings. The van der Waals surface area contributed by atoms with Gasteiger partial charge >= 0.3 is 0 Å². The summed E-state index contributed by atoms with van der Waals surface area (Å²) >= 11 is 0. The van der Waals surface area contributed by atoms with Gasteiger partial charge in [-0.25, -0.2) is 5.43 Å². The maximum Gasteiger partial charge on any atom is 0.101 e. The number of pyridine rings is 1. The lowest BCUT2D eigenvalue weighted by molar-refractivity contribution is 0.278. The fraction of sp³-hybridized carbons (Fsp3) is 0.538. The van der Waals surface area contributed by atoms with E-state index < -0.39 is 0 Å². The molecule has 1 aromatic heterocycles. The Kier molecular flexibility index (Phi) is 3.00. The summed E-state index contributed by atoms with van der Waals surface area (Å²) < 4.78 is 0. The van der Waals surface area contributed by atoms with Crippen molar-refractivity contribution >= 4 is 0 Å². The van der Waals surface area contributed by atoms with Crippen LogP contribution in [0.25, 0.3) is 0 Å². The van der Waals surface area contributed by atoms with Crippen LogP contribution < -0.4 is 16.6 Å². The molecule has 18 heavy (non-hydrogen) atoms. The Bertz CT molecular complexity index is 481. The van der Waals surface area contributed by atoms with Crippen LogP contribution in [0.1, 0.15) is 36.4 Å². The van der Waals surface area contributed by atoms with Crippen LogP contribution in [-0.2, 0) is 0 Å². The van der Waals surface area contributed by atoms with Crippen molar-refractivity contribution in [1.29, 1.82) is 5.26 Å². The van der Waals surface area contributed by atoms with Gasteiger partial charge in [0.25, 0.3) is 0 Å². The van der Waals surface area contributed by atoms with Gasteiger partial charge in [0.15, 0.2) is 0 Å². The number of nitrogens with one attached hydrogen (secondary N) is 2. The van der Waals surface area contributed by atoms with E-state index in [1.54, 1.807) is 6.20 Å². The van der Waals surface area contributed by atoms with Crippen molar-refractivity contribution in [3.63, 3.8) is 0 Å². The second-order valence-electron chi connectivity index (χ2n) is 5.23. The van der Waals surface area contributed by atoms with Crippen molar-refractivity contribution in [2.45, 2.75) is 37.4 Å². The van der Waals surface area contributed by atoms with Crippen LogP contribution in [-0.4, -0.2) is 17.1 Å². The number of rotatable bonds is 1. The van der Waals surface area contributed by atoms with E-state index in [4.69, 9.17) is 11.0 Å². The molecule has 0 spiro atoms. The van der Waals surface area contributed by atoms with Gasteiger partial charge in [-0.05, 0) is 36.8 Å². The minimum absolute atomic E-state index is 0.210. The van der Waals surface area contributed by atoms with Crippen LogP contribution in [0.5, 0.6) is 0 Å². The molecular weight excluding hydrogens is 226 g/mol. The molecule has 5 heteroatoms. The van der Waals surface area contributed by atoms with Gasteiger partial charge in [0.05, 0.1) is 11.6 Å². The number of hydrogen-bond donors (Lipinski definition) is 3. The Morgan fingerprint density at radius 3 is 3.06 bits per heavy atom. The molecular formula is C13H17N5. The van der Waals surface area contributed by atoms with Crippen LogP contribution in [0, 0.1) is 17.2 Å². The predicted octanol–water partition coefficient (Wildman–Crippen LogP) is 0.598. The molecule has 2 fully saturated rings. The van der Waals surface area contributed by atoms with Crippen molar-refractivity contribution < 1.29 is 0 Å². The predicted molar refractivity (Wildman–Crippen MR) is 67.1 cm³/mol. The highest BCUT2D eigenvalue weighted by Crippen LogP contribution is 2.37. The van der Waals surface area contributed by atoms with Crippen molar-refractivity contribution in [2.24, 2.45) is 11.7 Å². The van der Waals surface area contributed by atoms with Crippen LogP contribution in [0.4, 0.5) is 0 Å². The van der Waals surface area contributed by atoms with E-state index >= 15 is 0 Å². The molecule has 4 atom stereocenters. The lowest BCUT2D eigenvalue weighted by atomic mass is 9.78. The first-order valence-electron chi connectivity index (χ1n) is 6.39. The molecule has 4 N–H and O–H groups in total. The molecule has 1 aliphatic heterocycles. The highest BCUT2D eigenvalue weighted by Gasteiger charge is 2.40. The third-order valence-corrected chi connectivity index (χ3v) is 4.04. The van der Waals surface area contributed by atoms with Gasteiger partial charge < -0.3 is 5.73 Å². The fourth-order valence-corrected chi connectivity index (χ4v) is 3.11. The number of aromatic nitrogens is 1. The van der Waals surface area contributed by atoms with Crippen molar-refractivity contribution in [1.82, 2.24) is 15.8 Å². The summed E-state index contributed by atoms with van der Waals surface area (Å²) in [5.41, 5.74) is 14.4. The molecule has 0 radical (unpaired) electrons. The van der Waals surface area contributed by atoms with E-state index in [2.05, 4.69) is 21.9 Å². The lowest BCUT2D eigenvalue weighted by Gasteiger charge is -2.31. The quantitative estimate of drug-likeness (QED) is 0.672. The number of nitriles is 1. The molecule has 1 saturated heterocycles. The molecule has 0 amide bonds. The Morgan fingerprint density at radius 1 is 1.33 bits per heavy atom. The maximum absolute atomic E-state index is 8.93. The summed E-state index contributed by atoms with van der Waals surface area (Å²) in [6.07, 6.45) is 6.64. The zero-order valence-corrected chi connectivity index (χ0v) is 10.1. The summed E-state index contributed by atoms with van der Waals surface area (Å²) in [6, 6.07) is 5.04. The first kappa shape index (κ1) is 11.6. The van der Waals surface area contributed by atoms with Crippen molar-refractivity contribution in [3.8, 4) is 6.07 Å². The minimum Gasteiger partial charge on any atom is -0.328 e. The van der Waals surface area contributed by atoms with Crippen LogP contribution in [0.15, 0.2) is 18.5 Å². The number of hydrogen-bond acceptors (Lipinski definition) is 5. The van der Waals surface area contributed by atoms with E-state index in [9.17, 15) is 0 Å². The van der Waals surface area contributed by atoms with Crippen LogP contribution >= 0.6 is 0 Å². The minimum atomic E-state index is 0.210. The summed E-state index contributed by atoms with van der Waals surface area (Å²) in [6.45, 7) is 0. The smallest absolute Gasteiger partial charge is 0.101 e. The second kappa shape index (κ2) is 4.65. The van der Waals surface area contributed by atoms with Crippen LogP contribution in [0.2, 0.25) is 0 Å². The zero-order chi connectivity index (χ0) is 12.5. The first-order valence-corrected chi connectivity index (χ1v) is 6.39. The molecule has 1 aliphatic carbocycles. The zero-order valence-electron chi connectivity index (χ0n) is 10.1. The van der Waals surface area contributed by atoms with Gasteiger partial charge in [-0.3, -0.25) is 10.4 Å². The standard InChI is InChI=1S/C13H17N5/c14-5-8-3-9(7-16-6-8)13-11-4-10(15)1-2-12(11)17-18-13/h3,6-7,10-13,17-18H,1-2,4,15H2. The van der Waals surface area contributed by atoms with Gasteiger partial charge in [-0.15, -0.1) is 0 Å². The average molecular weight is 243 g/mol. The highest BCUT2D eigenvalue weighted by molar-refractivity contribution is 5.31. The van der Waals surface area contributed by atoms with E-state index in [1.807, 2.05) is 12.3 Å². The maximum atomic E-state index is 8.93. The normalized spacial score (nSPS) is 34.9. The molecule has 4 unspecified atom stereocenters. The molecule has 0 aromatic carbocycles. The molecule has 1 saturated carbocycles. The lowest BCUT2D eigenvalue weighted by Crippen LogP contribution is -2.39. The molecule has 3 rings (SSSR count). The summed E-state index contributed by atoms with van der Waals surface area (Å²) in [7, 11) is 0. The van der Waals surface area contributed by atoms with Gasteiger partial charge in [0.2, 0.25) is 0 Å². The van der Waals surface area contributed by atoms with Crippen molar-refractivity contribution in [3.05, 3.63) is 29.6 Å². The molecule has 94 valence electrons. The van der Waals surface area contributed by atoms with E-state index in [0.717, 1.165) is 24.8 Å². The van der Waals surface area contributed by atoms with Gasteiger partial charge in [-0.2, -0.15) is 5.26 Å². The Morgan fingerprint density at radius 2 is 2.22 bits per heavy atom. The van der Waals surface area contributed by atoms with Gasteiger partial charge in [0, 0.05) is 24.5 Å². The Hall–Kier alpha value is -1.48. The monoisotopic (exact) mass is 243 g/mol. The molecule has 5 nitrogen and oxygen atoms in total. The molecule has 2 heterocycles. The van der Waals surface area contributed by atoms with Gasteiger partial charge in [-0.1, -0.05) is 0 Å². The number of nitrogens with zero attached hydrogens (tertiary/aromatic N) is 2. The highest BCUT2D eigenvalue weighted by atomic mass is 15.4. The second-order valence-corrected chi connectivity index (χ2v) is 5.23. The summed E-state index contributed by atoms with van der Waals surface area (Å²) in [4.78, 5) is 4.14. The summed E-state index contributed by atoms with van der Waals surface area (Å²) in [5.74, 6) is 0.490. The van der Waals surface area contributed by atoms with E-state index in [0.29, 0.717) is 23.6 Å². The van der Waals surface area contributed by atoms with Gasteiger partial charge in [0.1, 0.15) is 6.07 Å². The number of nitrogens with two attached hydrogens (primary N) is 1. The third-order valence-electron chi connectivity index (χ3n) is 4.04. The average Bonchev–Trinajstić information content (AvgIpc) is 2.81. The number of hydrazine groups is 1. The fourth-order valence-electron chi connectivity index (χ4n) is 3.11. The largest absolute Gasteiger partial charge is 0.328 e. The topological polar surface area (TPSA) is 86.8 Å². The van der Waals surface area contributed by atoms with Crippen molar-refractivity contribution in [2.75, 3.05) is 0 Å². The third kappa shape index (κ3) is 1.99. The first-order chi connectivity index (χ1) is 8.78. The Labute approximate surface area is 106 Å². The number of fused-ring (bicyclic) bond motifs is 1. The Balaban J connectivity index is 1.85. The summed E-state index contributed by atoms with van der Waals surface area (Å²) in [5, 5.41) is 8.93. The van der Waals surface area contributed by atoms with Crippen LogP contribution in [0.3, 0.4) is 0 Å². The van der Waals surface area contributed by atoms with E-state index in [-0.39, 0.29) is 6.04 Å². The van der Waals surface area contributed by atoms with E-state index in [1.165, 1.54) is 0 Å². The molecule has 1 aromatic rings.